The summed E-state index contributed by atoms with van der Waals surface area (Å²) in [5.41, 5.74) is 0. The molecule has 1 aliphatic carbocycles. The summed E-state index contributed by atoms with van der Waals surface area (Å²) in [6.45, 7) is 0. The molecule has 0 aliphatic heterocycles. The van der Waals surface area contributed by atoms with Gasteiger partial charge in [-0.05, 0) is 37.0 Å². The fraction of sp³-hybridized carbons (Fsp3) is 0.364. The first-order valence-corrected chi connectivity index (χ1v) is 7.00. The van der Waals surface area contributed by atoms with Crippen LogP contribution in [0, 0.1) is 17.6 Å². The fourth-order valence-electron chi connectivity index (χ4n) is 1.69. The number of carbonyl (C=O) groups is 1. The van der Waals surface area contributed by atoms with Gasteiger partial charge in [-0.1, -0.05) is 0 Å². The molecule has 2 N–H and O–H groups in total. The quantitative estimate of drug-likeness (QED) is 0.851. The predicted molar refractivity (Wildman–Crippen MR) is 60.8 cm³/mol. The van der Waals surface area contributed by atoms with Crippen LogP contribution < -0.4 is 4.72 Å². The lowest BCUT2D eigenvalue weighted by atomic mass is 10.2. The Morgan fingerprint density at radius 1 is 1.37 bits per heavy atom. The highest BCUT2D eigenvalue weighted by atomic mass is 32.2. The van der Waals surface area contributed by atoms with Crippen molar-refractivity contribution in [2.45, 2.75) is 23.8 Å². The van der Waals surface area contributed by atoms with Crippen molar-refractivity contribution in [1.29, 1.82) is 0 Å². The number of carboxylic acids is 1. The Morgan fingerprint density at radius 2 is 2.00 bits per heavy atom. The van der Waals surface area contributed by atoms with E-state index in [4.69, 9.17) is 5.11 Å². The van der Waals surface area contributed by atoms with Gasteiger partial charge in [-0.25, -0.2) is 17.2 Å². The van der Waals surface area contributed by atoms with Gasteiger partial charge in [0.05, 0.1) is 0 Å². The van der Waals surface area contributed by atoms with Crippen LogP contribution in [0.2, 0.25) is 0 Å². The number of hydrogen-bond acceptors (Lipinski definition) is 3. The Balaban J connectivity index is 2.31. The Labute approximate surface area is 108 Å². The summed E-state index contributed by atoms with van der Waals surface area (Å²) in [6.07, 6.45) is 1.18. The maximum atomic E-state index is 13.4. The minimum Gasteiger partial charge on any atom is -0.480 e. The summed E-state index contributed by atoms with van der Waals surface area (Å²) in [6, 6.07) is 0.664. The van der Waals surface area contributed by atoms with E-state index < -0.39 is 38.6 Å². The van der Waals surface area contributed by atoms with Crippen LogP contribution in [0.15, 0.2) is 23.1 Å². The molecule has 1 unspecified atom stereocenters. The van der Waals surface area contributed by atoms with Gasteiger partial charge < -0.3 is 5.11 Å². The van der Waals surface area contributed by atoms with Crippen LogP contribution in [-0.2, 0) is 14.8 Å². The Kier molecular flexibility index (Phi) is 3.55. The topological polar surface area (TPSA) is 83.5 Å². The molecule has 0 radical (unpaired) electrons. The maximum Gasteiger partial charge on any atom is 0.322 e. The van der Waals surface area contributed by atoms with Gasteiger partial charge in [0, 0.05) is 0 Å². The van der Waals surface area contributed by atoms with Gasteiger partial charge in [-0.2, -0.15) is 4.72 Å². The highest BCUT2D eigenvalue weighted by molar-refractivity contribution is 7.89. The molecule has 0 amide bonds. The monoisotopic (exact) mass is 291 g/mol. The SMILES string of the molecule is O=C(O)C(NS(=O)(=O)c1cc(F)ccc1F)C1CC1. The van der Waals surface area contributed by atoms with Gasteiger partial charge in [-0.3, -0.25) is 4.79 Å². The Hall–Kier alpha value is -1.54. The lowest BCUT2D eigenvalue weighted by molar-refractivity contribution is -0.139. The molecule has 1 aromatic rings. The lowest BCUT2D eigenvalue weighted by Gasteiger charge is -2.14. The molecule has 104 valence electrons. The largest absolute Gasteiger partial charge is 0.480 e. The molecule has 8 heteroatoms. The van der Waals surface area contributed by atoms with Crippen LogP contribution in [0.5, 0.6) is 0 Å². The molecule has 0 spiro atoms. The van der Waals surface area contributed by atoms with Crippen LogP contribution in [0.1, 0.15) is 12.8 Å². The first-order valence-electron chi connectivity index (χ1n) is 5.51. The van der Waals surface area contributed by atoms with E-state index >= 15 is 0 Å². The third kappa shape index (κ3) is 3.07. The van der Waals surface area contributed by atoms with Crippen molar-refractivity contribution in [1.82, 2.24) is 4.72 Å². The normalized spacial score (nSPS) is 17.2. The standard InChI is InChI=1S/C11H11F2NO4S/c12-7-3-4-8(13)9(5-7)19(17,18)14-10(11(15)16)6-1-2-6/h3-6,10,14H,1-2H2,(H,15,16). The second-order valence-electron chi connectivity index (χ2n) is 4.35. The highest BCUT2D eigenvalue weighted by Gasteiger charge is 2.39. The second kappa shape index (κ2) is 4.86. The number of sulfonamides is 1. The average molecular weight is 291 g/mol. The lowest BCUT2D eigenvalue weighted by Crippen LogP contribution is -2.42. The Morgan fingerprint density at radius 3 is 2.53 bits per heavy atom. The number of carboxylic acid groups (broad SMARTS) is 1. The summed E-state index contributed by atoms with van der Waals surface area (Å²) in [7, 11) is -4.41. The summed E-state index contributed by atoms with van der Waals surface area (Å²) in [5, 5.41) is 8.92. The number of nitrogens with one attached hydrogen (secondary N) is 1. The molecule has 1 fully saturated rings. The van der Waals surface area contributed by atoms with Gasteiger partial charge in [0.1, 0.15) is 22.6 Å². The van der Waals surface area contributed by atoms with Crippen molar-refractivity contribution in [2.75, 3.05) is 0 Å². The van der Waals surface area contributed by atoms with Crippen molar-refractivity contribution in [2.24, 2.45) is 5.92 Å². The van der Waals surface area contributed by atoms with Crippen LogP contribution in [0.4, 0.5) is 8.78 Å². The van der Waals surface area contributed by atoms with E-state index in [0.29, 0.717) is 25.0 Å². The zero-order valence-electron chi connectivity index (χ0n) is 9.64. The number of benzene rings is 1. The van der Waals surface area contributed by atoms with Crippen LogP contribution in [0.3, 0.4) is 0 Å². The molecule has 2 rings (SSSR count). The molecule has 0 saturated heterocycles. The molecule has 1 atom stereocenters. The summed E-state index contributed by atoms with van der Waals surface area (Å²) in [5.74, 6) is -3.68. The zero-order valence-corrected chi connectivity index (χ0v) is 10.5. The molecule has 19 heavy (non-hydrogen) atoms. The molecule has 1 aliphatic rings. The smallest absolute Gasteiger partial charge is 0.322 e. The highest BCUT2D eigenvalue weighted by Crippen LogP contribution is 2.33. The summed E-state index contributed by atoms with van der Waals surface area (Å²) < 4.78 is 52.0. The number of aliphatic carboxylic acids is 1. The predicted octanol–water partition coefficient (Wildman–Crippen LogP) is 1.11. The van der Waals surface area contributed by atoms with E-state index in [9.17, 15) is 22.0 Å². The van der Waals surface area contributed by atoms with E-state index in [-0.39, 0.29) is 5.92 Å². The molecule has 1 aromatic carbocycles. The maximum absolute atomic E-state index is 13.4. The first kappa shape index (κ1) is 13.9. The third-order valence-corrected chi connectivity index (χ3v) is 4.28. The minimum absolute atomic E-state index is 0.302. The molecule has 1 saturated carbocycles. The molecule has 5 nitrogen and oxygen atoms in total. The van der Waals surface area contributed by atoms with Crippen molar-refractivity contribution >= 4 is 16.0 Å². The van der Waals surface area contributed by atoms with Crippen LogP contribution >= 0.6 is 0 Å². The number of halogens is 2. The van der Waals surface area contributed by atoms with Crippen molar-refractivity contribution in [3.63, 3.8) is 0 Å². The van der Waals surface area contributed by atoms with E-state index in [2.05, 4.69) is 0 Å². The van der Waals surface area contributed by atoms with Crippen molar-refractivity contribution in [3.8, 4) is 0 Å². The molecule has 0 bridgehead atoms. The van der Waals surface area contributed by atoms with E-state index in [0.717, 1.165) is 6.07 Å². The van der Waals surface area contributed by atoms with Gasteiger partial charge in [0.25, 0.3) is 0 Å². The fourth-order valence-corrected chi connectivity index (χ4v) is 3.04. The second-order valence-corrected chi connectivity index (χ2v) is 6.03. The Bertz CT molecular complexity index is 613. The third-order valence-electron chi connectivity index (χ3n) is 2.82. The number of hydrogen-bond donors (Lipinski definition) is 2. The van der Waals surface area contributed by atoms with Gasteiger partial charge in [0.2, 0.25) is 10.0 Å². The van der Waals surface area contributed by atoms with E-state index in [1.54, 1.807) is 0 Å². The first-order chi connectivity index (χ1) is 8.81. The van der Waals surface area contributed by atoms with Crippen molar-refractivity contribution < 1.29 is 27.1 Å². The van der Waals surface area contributed by atoms with Gasteiger partial charge in [0.15, 0.2) is 0 Å². The van der Waals surface area contributed by atoms with Gasteiger partial charge >= 0.3 is 5.97 Å². The van der Waals surface area contributed by atoms with Crippen molar-refractivity contribution in [3.05, 3.63) is 29.8 Å². The summed E-state index contributed by atoms with van der Waals surface area (Å²) >= 11 is 0. The molecular weight excluding hydrogens is 280 g/mol. The number of rotatable bonds is 5. The average Bonchev–Trinajstić information content (AvgIpc) is 3.13. The minimum atomic E-state index is -4.41. The molecule has 0 heterocycles. The molecule has 0 aromatic heterocycles. The molecular formula is C11H11F2NO4S. The zero-order chi connectivity index (χ0) is 14.2. The summed E-state index contributed by atoms with van der Waals surface area (Å²) in [4.78, 5) is 10.1. The van der Waals surface area contributed by atoms with Crippen LogP contribution in [0.25, 0.3) is 0 Å². The van der Waals surface area contributed by atoms with Gasteiger partial charge in [-0.15, -0.1) is 0 Å². The van der Waals surface area contributed by atoms with E-state index in [1.165, 1.54) is 0 Å². The van der Waals surface area contributed by atoms with Crippen LogP contribution in [-0.4, -0.2) is 25.5 Å². The van der Waals surface area contributed by atoms with E-state index in [1.807, 2.05) is 4.72 Å².